The molecular formula is C20H30N4O3. The minimum absolute atomic E-state index is 0.000929. The Morgan fingerprint density at radius 3 is 2.85 bits per heavy atom. The summed E-state index contributed by atoms with van der Waals surface area (Å²) in [7, 11) is 1.69. The second kappa shape index (κ2) is 8.33. The van der Waals surface area contributed by atoms with Gasteiger partial charge in [0.15, 0.2) is 11.6 Å². The molecule has 2 amide bonds. The van der Waals surface area contributed by atoms with E-state index in [0.29, 0.717) is 19.1 Å². The van der Waals surface area contributed by atoms with Crippen molar-refractivity contribution in [3.8, 4) is 5.75 Å². The molecule has 0 unspecified atom stereocenters. The molecule has 1 aromatic rings. The summed E-state index contributed by atoms with van der Waals surface area (Å²) < 4.78 is 11.5. The highest BCUT2D eigenvalue weighted by Gasteiger charge is 2.35. The molecule has 0 bridgehead atoms. The molecule has 0 radical (unpaired) electrons. The summed E-state index contributed by atoms with van der Waals surface area (Å²) in [6.45, 7) is 3.99. The third-order valence-electron chi connectivity index (χ3n) is 5.73. The highest BCUT2D eigenvalue weighted by molar-refractivity contribution is 5.75. The smallest absolute Gasteiger partial charge is 0.317 e. The molecule has 1 saturated carbocycles. The first-order valence-corrected chi connectivity index (χ1v) is 10.2. The van der Waals surface area contributed by atoms with Crippen LogP contribution in [0.15, 0.2) is 18.3 Å². The number of rotatable bonds is 7. The van der Waals surface area contributed by atoms with Crippen molar-refractivity contribution < 1.29 is 14.3 Å². The van der Waals surface area contributed by atoms with E-state index in [1.165, 1.54) is 25.7 Å². The summed E-state index contributed by atoms with van der Waals surface area (Å²) >= 11 is 0. The van der Waals surface area contributed by atoms with Crippen molar-refractivity contribution in [1.29, 1.82) is 0 Å². The predicted octanol–water partition coefficient (Wildman–Crippen LogP) is 2.27. The van der Waals surface area contributed by atoms with Crippen LogP contribution in [0.2, 0.25) is 0 Å². The third-order valence-corrected chi connectivity index (χ3v) is 5.73. The van der Waals surface area contributed by atoms with Crippen LogP contribution in [0.4, 0.5) is 10.6 Å². The van der Waals surface area contributed by atoms with Gasteiger partial charge in [-0.05, 0) is 43.7 Å². The lowest BCUT2D eigenvalue weighted by Crippen LogP contribution is -2.47. The first kappa shape index (κ1) is 18.3. The lowest BCUT2D eigenvalue weighted by atomic mass is 10.2. The number of amides is 2. The van der Waals surface area contributed by atoms with E-state index in [-0.39, 0.29) is 18.2 Å². The summed E-state index contributed by atoms with van der Waals surface area (Å²) in [6.07, 6.45) is 7.46. The van der Waals surface area contributed by atoms with Crippen LogP contribution < -0.4 is 15.0 Å². The van der Waals surface area contributed by atoms with Gasteiger partial charge < -0.3 is 24.6 Å². The minimum atomic E-state index is 0.000929. The Balaban J connectivity index is 1.33. The predicted molar refractivity (Wildman–Crippen MR) is 103 cm³/mol. The third kappa shape index (κ3) is 4.46. The first-order valence-electron chi connectivity index (χ1n) is 10.2. The lowest BCUT2D eigenvalue weighted by Gasteiger charge is -2.24. The minimum Gasteiger partial charge on any atom is -0.485 e. The van der Waals surface area contributed by atoms with E-state index in [2.05, 4.69) is 15.2 Å². The number of aromatic nitrogens is 1. The number of pyridine rings is 1. The number of hydrogen-bond acceptors (Lipinski definition) is 5. The Labute approximate surface area is 161 Å². The molecule has 4 rings (SSSR count). The maximum Gasteiger partial charge on any atom is 0.317 e. The largest absolute Gasteiger partial charge is 0.485 e. The van der Waals surface area contributed by atoms with Gasteiger partial charge in [0.05, 0.1) is 19.2 Å². The maximum atomic E-state index is 12.6. The molecule has 3 heterocycles. The molecule has 0 aromatic carbocycles. The fourth-order valence-corrected chi connectivity index (χ4v) is 4.05. The van der Waals surface area contributed by atoms with Crippen molar-refractivity contribution in [2.24, 2.45) is 5.92 Å². The fraction of sp³-hybridized carbons (Fsp3) is 0.700. The molecule has 0 spiro atoms. The van der Waals surface area contributed by atoms with Gasteiger partial charge in [-0.25, -0.2) is 9.78 Å². The molecule has 1 N–H and O–H groups in total. The number of nitrogens with one attached hydrogen (secondary N) is 1. The summed E-state index contributed by atoms with van der Waals surface area (Å²) in [5, 5.41) is 3.15. The van der Waals surface area contributed by atoms with E-state index in [0.717, 1.165) is 37.6 Å². The number of nitrogens with zero attached hydrogens (tertiary/aromatic N) is 3. The maximum absolute atomic E-state index is 12.6. The monoisotopic (exact) mass is 374 g/mol. The van der Waals surface area contributed by atoms with Gasteiger partial charge in [0.1, 0.15) is 6.10 Å². The number of methoxy groups -OCH3 is 1. The average Bonchev–Trinajstić information content (AvgIpc) is 3.17. The second-order valence-electron chi connectivity index (χ2n) is 7.84. The Bertz CT molecular complexity index is 646. The number of carbonyl (C=O) groups excluding carboxylic acids is 1. The van der Waals surface area contributed by atoms with Crippen molar-refractivity contribution in [3.05, 3.63) is 18.3 Å². The number of urea groups is 1. The van der Waals surface area contributed by atoms with Gasteiger partial charge in [-0.15, -0.1) is 0 Å². The molecule has 3 fully saturated rings. The molecule has 148 valence electrons. The van der Waals surface area contributed by atoms with Gasteiger partial charge in [0.2, 0.25) is 0 Å². The molecule has 2 saturated heterocycles. The van der Waals surface area contributed by atoms with E-state index in [4.69, 9.17) is 9.47 Å². The molecule has 2 atom stereocenters. The molecule has 3 aliphatic rings. The van der Waals surface area contributed by atoms with Gasteiger partial charge >= 0.3 is 6.03 Å². The number of likely N-dealkylation sites (tertiary alicyclic amines) is 1. The van der Waals surface area contributed by atoms with Gasteiger partial charge in [-0.3, -0.25) is 0 Å². The van der Waals surface area contributed by atoms with E-state index in [1.54, 1.807) is 7.11 Å². The highest BCUT2D eigenvalue weighted by atomic mass is 16.5. The Hall–Kier alpha value is -2.02. The Morgan fingerprint density at radius 1 is 1.30 bits per heavy atom. The zero-order valence-electron chi connectivity index (χ0n) is 16.1. The van der Waals surface area contributed by atoms with Gasteiger partial charge in [0, 0.05) is 39.4 Å². The first-order chi connectivity index (χ1) is 13.2. The van der Waals surface area contributed by atoms with Crippen molar-refractivity contribution in [1.82, 2.24) is 15.2 Å². The lowest BCUT2D eigenvalue weighted by molar-refractivity contribution is 0.147. The van der Waals surface area contributed by atoms with Gasteiger partial charge in [0.25, 0.3) is 0 Å². The Kier molecular flexibility index (Phi) is 5.66. The summed E-state index contributed by atoms with van der Waals surface area (Å²) in [5.41, 5.74) is 0. The number of ether oxygens (including phenoxy) is 2. The van der Waals surface area contributed by atoms with Crippen molar-refractivity contribution >= 4 is 11.8 Å². The van der Waals surface area contributed by atoms with Crippen molar-refractivity contribution in [2.75, 3.05) is 44.8 Å². The van der Waals surface area contributed by atoms with E-state index < -0.39 is 0 Å². The highest BCUT2D eigenvalue weighted by Crippen LogP contribution is 2.33. The molecular weight excluding hydrogens is 344 g/mol. The zero-order chi connectivity index (χ0) is 18.6. The SMILES string of the molecule is COC[C@@H](NC(=O)N1CC[C@H](Oc2cccnc2N2CCCC2)C1)C1CC1. The van der Waals surface area contributed by atoms with Crippen LogP contribution >= 0.6 is 0 Å². The quantitative estimate of drug-likeness (QED) is 0.793. The standard InChI is InChI=1S/C20H30N4O3/c1-26-14-17(15-6-7-15)22-20(25)24-12-8-16(13-24)27-18-5-4-9-21-19(18)23-10-2-3-11-23/h4-5,9,15-17H,2-3,6-8,10-14H2,1H3,(H,22,25)/t16-,17+/m0/s1. The molecule has 1 aliphatic carbocycles. The van der Waals surface area contributed by atoms with Crippen molar-refractivity contribution in [3.63, 3.8) is 0 Å². The summed E-state index contributed by atoms with van der Waals surface area (Å²) in [6, 6.07) is 4.04. The van der Waals surface area contributed by atoms with Crippen LogP contribution in [0.1, 0.15) is 32.1 Å². The molecule has 2 aliphatic heterocycles. The van der Waals surface area contributed by atoms with Gasteiger partial charge in [-0.1, -0.05) is 0 Å². The normalized spacial score (nSPS) is 23.5. The number of anilines is 1. The van der Waals surface area contributed by atoms with E-state index in [9.17, 15) is 4.79 Å². The van der Waals surface area contributed by atoms with Crippen molar-refractivity contribution in [2.45, 2.75) is 44.2 Å². The number of carbonyl (C=O) groups is 1. The van der Waals surface area contributed by atoms with Crippen LogP contribution in [0, 0.1) is 5.92 Å². The number of hydrogen-bond donors (Lipinski definition) is 1. The zero-order valence-corrected chi connectivity index (χ0v) is 16.1. The van der Waals surface area contributed by atoms with Crippen LogP contribution in [-0.4, -0.2) is 68.0 Å². The van der Waals surface area contributed by atoms with E-state index in [1.807, 2.05) is 23.2 Å². The molecule has 7 heteroatoms. The Morgan fingerprint density at radius 2 is 2.11 bits per heavy atom. The van der Waals surface area contributed by atoms with Crippen LogP contribution in [0.3, 0.4) is 0 Å². The van der Waals surface area contributed by atoms with Crippen LogP contribution in [-0.2, 0) is 4.74 Å². The fourth-order valence-electron chi connectivity index (χ4n) is 4.05. The molecule has 7 nitrogen and oxygen atoms in total. The van der Waals surface area contributed by atoms with Gasteiger partial charge in [-0.2, -0.15) is 0 Å². The topological polar surface area (TPSA) is 66.9 Å². The van der Waals surface area contributed by atoms with Crippen LogP contribution in [0.5, 0.6) is 5.75 Å². The second-order valence-corrected chi connectivity index (χ2v) is 7.84. The molecule has 27 heavy (non-hydrogen) atoms. The van der Waals surface area contributed by atoms with Crippen LogP contribution in [0.25, 0.3) is 0 Å². The average molecular weight is 374 g/mol. The summed E-state index contributed by atoms with van der Waals surface area (Å²) in [4.78, 5) is 21.3. The molecule has 1 aromatic heterocycles. The van der Waals surface area contributed by atoms with E-state index >= 15 is 0 Å². The summed E-state index contributed by atoms with van der Waals surface area (Å²) in [5.74, 6) is 2.34.